The van der Waals surface area contributed by atoms with E-state index >= 15 is 0 Å². The lowest BCUT2D eigenvalue weighted by Gasteiger charge is -2.40. The fourth-order valence-electron chi connectivity index (χ4n) is 3.59. The van der Waals surface area contributed by atoms with E-state index in [1.165, 1.54) is 7.11 Å². The van der Waals surface area contributed by atoms with Gasteiger partial charge in [-0.1, -0.05) is 37.7 Å². The molecule has 0 bridgehead atoms. The number of fused-ring (bicyclic) bond motifs is 1. The normalized spacial score (nSPS) is 19.0. The number of hydrogen-bond donors (Lipinski definition) is 1. The molecule has 1 aromatic carbocycles. The first-order valence-electron chi connectivity index (χ1n) is 9.78. The van der Waals surface area contributed by atoms with E-state index in [0.29, 0.717) is 18.4 Å². The zero-order valence-electron chi connectivity index (χ0n) is 16.7. The summed E-state index contributed by atoms with van der Waals surface area (Å²) >= 11 is 1.73. The smallest absolute Gasteiger partial charge is 0.338 e. The highest BCUT2D eigenvalue weighted by Gasteiger charge is 2.38. The summed E-state index contributed by atoms with van der Waals surface area (Å²) in [6.45, 7) is 4.82. The third-order valence-corrected chi connectivity index (χ3v) is 5.93. The number of carbonyl (C=O) groups is 2. The van der Waals surface area contributed by atoms with Crippen molar-refractivity contribution in [1.29, 1.82) is 0 Å². The van der Waals surface area contributed by atoms with Crippen LogP contribution in [0.5, 0.6) is 0 Å². The van der Waals surface area contributed by atoms with Crippen LogP contribution in [-0.4, -0.2) is 41.4 Å². The van der Waals surface area contributed by atoms with Gasteiger partial charge in [-0.15, -0.1) is 0 Å². The number of nitrogens with one attached hydrogen (secondary N) is 1. The van der Waals surface area contributed by atoms with E-state index in [1.807, 2.05) is 38.1 Å². The van der Waals surface area contributed by atoms with Gasteiger partial charge in [0.25, 0.3) is 0 Å². The van der Waals surface area contributed by atoms with E-state index < -0.39 is 0 Å². The van der Waals surface area contributed by atoms with Crippen LogP contribution in [-0.2, 0) is 14.3 Å². The van der Waals surface area contributed by atoms with Crippen LogP contribution in [0.4, 0.5) is 5.69 Å². The summed E-state index contributed by atoms with van der Waals surface area (Å²) in [4.78, 5) is 31.7. The lowest BCUT2D eigenvalue weighted by atomic mass is 9.93. The zero-order chi connectivity index (χ0) is 20.1. The first-order valence-corrected chi connectivity index (χ1v) is 10.8. The highest BCUT2D eigenvalue weighted by atomic mass is 32.2. The molecule has 150 valence electrons. The molecule has 6 nitrogen and oxygen atoms in total. The van der Waals surface area contributed by atoms with E-state index in [1.54, 1.807) is 11.8 Å². The lowest BCUT2D eigenvalue weighted by Crippen LogP contribution is -2.42. The molecule has 1 N–H and O–H groups in total. The van der Waals surface area contributed by atoms with Crippen molar-refractivity contribution in [2.24, 2.45) is 4.99 Å². The van der Waals surface area contributed by atoms with E-state index in [4.69, 9.17) is 9.73 Å². The van der Waals surface area contributed by atoms with Crippen molar-refractivity contribution < 1.29 is 14.3 Å². The number of allylic oxidation sites excluding steroid dienone is 1. The number of anilines is 1. The Morgan fingerprint density at radius 3 is 2.89 bits per heavy atom. The molecule has 0 radical (unpaired) electrons. The number of thioether (sulfide) groups is 1. The van der Waals surface area contributed by atoms with Crippen molar-refractivity contribution in [2.45, 2.75) is 45.6 Å². The van der Waals surface area contributed by atoms with Gasteiger partial charge in [-0.2, -0.15) is 0 Å². The van der Waals surface area contributed by atoms with Gasteiger partial charge >= 0.3 is 5.97 Å². The minimum Gasteiger partial charge on any atom is -0.466 e. The molecule has 0 saturated carbocycles. The molecule has 2 aliphatic rings. The Hall–Kier alpha value is -2.28. The molecule has 1 fully saturated rings. The molecule has 28 heavy (non-hydrogen) atoms. The van der Waals surface area contributed by atoms with Crippen LogP contribution in [0.15, 0.2) is 40.5 Å². The molecule has 2 aliphatic heterocycles. The van der Waals surface area contributed by atoms with Crippen LogP contribution >= 0.6 is 11.8 Å². The lowest BCUT2D eigenvalue weighted by molar-refractivity contribution is -0.137. The molecule has 0 unspecified atom stereocenters. The summed E-state index contributed by atoms with van der Waals surface area (Å²) < 4.78 is 5.11. The van der Waals surface area contributed by atoms with Crippen molar-refractivity contribution in [3.8, 4) is 0 Å². The standard InChI is InChI=1S/C21H27N3O3S/c1-4-8-17(25)22-15-10-6-9-14(13-15)19-18(20(26)27-3)16(5-2)23-21-24(19)11-7-12-28-21/h6,9-10,13,19H,4-5,7-8,11-12H2,1-3H3,(H,22,25)/t19-/m0/s1. The Balaban J connectivity index is 2.03. The van der Waals surface area contributed by atoms with Gasteiger partial charge in [0.05, 0.1) is 24.4 Å². The molecular weight excluding hydrogens is 374 g/mol. The topological polar surface area (TPSA) is 71.0 Å². The molecule has 1 amide bonds. The molecule has 3 rings (SSSR count). The monoisotopic (exact) mass is 401 g/mol. The van der Waals surface area contributed by atoms with Gasteiger partial charge in [0.2, 0.25) is 5.91 Å². The second kappa shape index (κ2) is 9.28. The van der Waals surface area contributed by atoms with Gasteiger partial charge in [0.1, 0.15) is 0 Å². The van der Waals surface area contributed by atoms with Gasteiger partial charge in [-0.05, 0) is 37.0 Å². The highest BCUT2D eigenvalue weighted by Crippen LogP contribution is 2.41. The van der Waals surface area contributed by atoms with Crippen LogP contribution in [0.1, 0.15) is 51.1 Å². The maximum Gasteiger partial charge on any atom is 0.338 e. The number of aliphatic imine (C=N–C) groups is 1. The molecular formula is C21H27N3O3S. The number of esters is 1. The van der Waals surface area contributed by atoms with Crippen LogP contribution in [0.2, 0.25) is 0 Å². The fraction of sp³-hybridized carbons (Fsp3) is 0.476. The Labute approximate surface area is 170 Å². The maximum absolute atomic E-state index is 12.7. The summed E-state index contributed by atoms with van der Waals surface area (Å²) in [7, 11) is 1.41. The highest BCUT2D eigenvalue weighted by molar-refractivity contribution is 8.13. The van der Waals surface area contributed by atoms with Crippen molar-refractivity contribution >= 4 is 34.5 Å². The fourth-order valence-corrected chi connectivity index (χ4v) is 4.59. The molecule has 0 aliphatic carbocycles. The third-order valence-electron chi connectivity index (χ3n) is 4.85. The Bertz CT molecular complexity index is 819. The molecule has 0 spiro atoms. The average molecular weight is 402 g/mol. The Morgan fingerprint density at radius 1 is 1.36 bits per heavy atom. The van der Waals surface area contributed by atoms with Gasteiger partial charge in [0, 0.05) is 24.4 Å². The minimum absolute atomic E-state index is 0.00273. The number of hydrogen-bond acceptors (Lipinski definition) is 6. The first-order chi connectivity index (χ1) is 13.6. The number of amidine groups is 1. The first kappa shape index (κ1) is 20.5. The number of amides is 1. The van der Waals surface area contributed by atoms with Gasteiger partial charge in [-0.25, -0.2) is 9.79 Å². The number of nitrogens with zero attached hydrogens (tertiary/aromatic N) is 2. The second-order valence-corrected chi connectivity index (χ2v) is 7.88. The van der Waals surface area contributed by atoms with Gasteiger partial charge in [-0.3, -0.25) is 4.79 Å². The molecule has 1 atom stereocenters. The Kier molecular flexibility index (Phi) is 6.78. The van der Waals surface area contributed by atoms with Crippen molar-refractivity contribution in [3.05, 3.63) is 41.1 Å². The Morgan fingerprint density at radius 2 is 2.18 bits per heavy atom. The summed E-state index contributed by atoms with van der Waals surface area (Å²) in [6, 6.07) is 7.49. The summed E-state index contributed by atoms with van der Waals surface area (Å²) in [5.41, 5.74) is 3.06. The van der Waals surface area contributed by atoms with Crippen LogP contribution in [0.25, 0.3) is 0 Å². The van der Waals surface area contributed by atoms with Gasteiger partial charge in [0.15, 0.2) is 5.17 Å². The summed E-state index contributed by atoms with van der Waals surface area (Å²) in [5.74, 6) is 0.678. The number of benzene rings is 1. The minimum atomic E-state index is -0.347. The van der Waals surface area contributed by atoms with E-state index in [-0.39, 0.29) is 17.9 Å². The maximum atomic E-state index is 12.7. The quantitative estimate of drug-likeness (QED) is 0.726. The second-order valence-electron chi connectivity index (χ2n) is 6.82. The average Bonchev–Trinajstić information content (AvgIpc) is 2.72. The summed E-state index contributed by atoms with van der Waals surface area (Å²) in [6.07, 6.45) is 2.98. The van der Waals surface area contributed by atoms with Crippen LogP contribution < -0.4 is 5.32 Å². The molecule has 2 heterocycles. The van der Waals surface area contributed by atoms with Crippen LogP contribution in [0, 0.1) is 0 Å². The predicted molar refractivity (Wildman–Crippen MR) is 113 cm³/mol. The van der Waals surface area contributed by atoms with Crippen LogP contribution in [0.3, 0.4) is 0 Å². The summed E-state index contributed by atoms with van der Waals surface area (Å²) in [5, 5.41) is 3.91. The predicted octanol–water partition coefficient (Wildman–Crippen LogP) is 4.11. The van der Waals surface area contributed by atoms with Gasteiger partial charge < -0.3 is 15.0 Å². The van der Waals surface area contributed by atoms with E-state index in [2.05, 4.69) is 10.2 Å². The van der Waals surface area contributed by atoms with E-state index in [9.17, 15) is 9.59 Å². The number of ether oxygens (including phenoxy) is 1. The van der Waals surface area contributed by atoms with Crippen molar-refractivity contribution in [1.82, 2.24) is 4.90 Å². The molecule has 0 aromatic heterocycles. The molecule has 7 heteroatoms. The number of rotatable bonds is 6. The largest absolute Gasteiger partial charge is 0.466 e. The SMILES string of the molecule is CCCC(=O)Nc1cccc([C@H]2C(C(=O)OC)=C(CC)N=C3SCCCN32)c1. The molecule has 1 saturated heterocycles. The number of carbonyl (C=O) groups excluding carboxylic acids is 2. The number of methoxy groups -OCH3 is 1. The third kappa shape index (κ3) is 4.24. The molecule has 1 aromatic rings. The van der Waals surface area contributed by atoms with Crippen molar-refractivity contribution in [2.75, 3.05) is 24.7 Å². The van der Waals surface area contributed by atoms with E-state index in [0.717, 1.165) is 47.3 Å². The van der Waals surface area contributed by atoms with Crippen molar-refractivity contribution in [3.63, 3.8) is 0 Å². The zero-order valence-corrected chi connectivity index (χ0v) is 17.5.